The van der Waals surface area contributed by atoms with Gasteiger partial charge in [0.25, 0.3) is 5.91 Å². The van der Waals surface area contributed by atoms with Crippen LogP contribution in [0.1, 0.15) is 29.1 Å². The Bertz CT molecular complexity index is 918. The van der Waals surface area contributed by atoms with E-state index < -0.39 is 0 Å². The predicted molar refractivity (Wildman–Crippen MR) is 105 cm³/mol. The Hall–Kier alpha value is -2.43. The number of benzene rings is 1. The molecule has 5 nitrogen and oxygen atoms in total. The molecule has 0 aliphatic rings. The van der Waals surface area contributed by atoms with Crippen molar-refractivity contribution in [2.24, 2.45) is 0 Å². The Morgan fingerprint density at radius 2 is 2.00 bits per heavy atom. The number of fused-ring (bicyclic) bond motifs is 1. The number of amides is 1. The van der Waals surface area contributed by atoms with Crippen molar-refractivity contribution >= 4 is 48.9 Å². The molecule has 1 amide bonds. The van der Waals surface area contributed by atoms with Crippen molar-refractivity contribution in [1.82, 2.24) is 4.98 Å². The van der Waals surface area contributed by atoms with E-state index in [2.05, 4.69) is 29.8 Å². The number of carbonyl (C=O) groups is 1. The summed E-state index contributed by atoms with van der Waals surface area (Å²) in [5.41, 5.74) is 1.24. The monoisotopic (exact) mass is 370 g/mol. The number of aromatic nitrogens is 1. The van der Waals surface area contributed by atoms with E-state index >= 15 is 0 Å². The summed E-state index contributed by atoms with van der Waals surface area (Å²) in [6.45, 7) is 6.05. The molecule has 0 saturated heterocycles. The van der Waals surface area contributed by atoms with Crippen molar-refractivity contribution in [3.05, 3.63) is 40.8 Å². The summed E-state index contributed by atoms with van der Waals surface area (Å²) in [4.78, 5) is 22.8. The van der Waals surface area contributed by atoms with Crippen molar-refractivity contribution in [2.75, 3.05) is 29.9 Å². The molecule has 0 fully saturated rings. The van der Waals surface area contributed by atoms with E-state index in [1.807, 2.05) is 12.1 Å². The first-order valence-electron chi connectivity index (χ1n) is 8.00. The Morgan fingerprint density at radius 3 is 2.64 bits per heavy atom. The van der Waals surface area contributed by atoms with E-state index in [0.29, 0.717) is 16.1 Å². The largest absolute Gasteiger partial charge is 0.349 e. The second-order valence-corrected chi connectivity index (χ2v) is 7.51. The summed E-state index contributed by atoms with van der Waals surface area (Å²) in [5.74, 6) is -0.0883. The van der Waals surface area contributed by atoms with Gasteiger partial charge in [-0.25, -0.2) is 4.98 Å². The molecule has 0 unspecified atom stereocenters. The Balaban J connectivity index is 1.87. The van der Waals surface area contributed by atoms with Gasteiger partial charge in [0.15, 0.2) is 5.13 Å². The van der Waals surface area contributed by atoms with E-state index in [1.165, 1.54) is 11.3 Å². The van der Waals surface area contributed by atoms with E-state index in [9.17, 15) is 4.79 Å². The van der Waals surface area contributed by atoms with Crippen molar-refractivity contribution in [3.63, 3.8) is 0 Å². The van der Waals surface area contributed by atoms with Gasteiger partial charge in [0.1, 0.15) is 4.83 Å². The fraction of sp³-hybridized carbons (Fsp3) is 0.278. The van der Waals surface area contributed by atoms with E-state index in [-0.39, 0.29) is 5.91 Å². The molecule has 0 spiro atoms. The van der Waals surface area contributed by atoms with Crippen LogP contribution in [0.15, 0.2) is 30.3 Å². The first-order valence-corrected chi connectivity index (χ1v) is 9.64. The average Bonchev–Trinajstić information content (AvgIpc) is 3.20. The van der Waals surface area contributed by atoms with Gasteiger partial charge >= 0.3 is 0 Å². The molecule has 0 saturated carbocycles. The maximum Gasteiger partial charge on any atom is 0.268 e. The van der Waals surface area contributed by atoms with Gasteiger partial charge in [-0.1, -0.05) is 17.4 Å². The molecule has 1 aromatic carbocycles. The van der Waals surface area contributed by atoms with Gasteiger partial charge in [-0.3, -0.25) is 4.79 Å². The highest BCUT2D eigenvalue weighted by atomic mass is 32.1. The number of carbonyl (C=O) groups excluding carboxylic acids is 1. The molecule has 0 aliphatic carbocycles. The zero-order valence-electron chi connectivity index (χ0n) is 14.3. The summed E-state index contributed by atoms with van der Waals surface area (Å²) >= 11 is 3.03. The molecule has 128 valence electrons. The van der Waals surface area contributed by atoms with Gasteiger partial charge in [-0.15, -0.1) is 11.3 Å². The fourth-order valence-electron chi connectivity index (χ4n) is 2.53. The lowest BCUT2D eigenvalue weighted by Crippen LogP contribution is -2.25. The Labute approximate surface area is 154 Å². The maximum absolute atomic E-state index is 12.8. The third-order valence-electron chi connectivity index (χ3n) is 3.99. The molecular weight excluding hydrogens is 352 g/mol. The maximum atomic E-state index is 12.8. The third-order valence-corrected chi connectivity index (χ3v) is 6.20. The van der Waals surface area contributed by atoms with Crippen LogP contribution in [0, 0.1) is 11.3 Å². The molecule has 7 heteroatoms. The Kier molecular flexibility index (Phi) is 5.02. The zero-order chi connectivity index (χ0) is 18.0. The lowest BCUT2D eigenvalue weighted by atomic mass is 10.2. The standard InChI is InChI=1S/C18H18N4OS2/c1-4-22(5-2)18-20-16-14(25-18)10-15(24-16)17(23)21(3)13-8-6-7-12(9-13)11-19/h6-10H,4-5H2,1-3H3. The van der Waals surface area contributed by atoms with E-state index in [4.69, 9.17) is 5.26 Å². The second kappa shape index (κ2) is 7.21. The fourth-order valence-corrected chi connectivity index (χ4v) is 4.84. The number of nitrogens with zero attached hydrogens (tertiary/aromatic N) is 4. The normalized spacial score (nSPS) is 10.6. The minimum Gasteiger partial charge on any atom is -0.349 e. The first-order chi connectivity index (χ1) is 12.1. The van der Waals surface area contributed by atoms with Gasteiger partial charge in [-0.2, -0.15) is 5.26 Å². The minimum atomic E-state index is -0.0883. The van der Waals surface area contributed by atoms with Crippen molar-refractivity contribution in [3.8, 4) is 6.07 Å². The van der Waals surface area contributed by atoms with E-state index in [0.717, 1.165) is 27.8 Å². The lowest BCUT2D eigenvalue weighted by molar-refractivity contribution is 0.0997. The predicted octanol–water partition coefficient (Wildman–Crippen LogP) is 4.35. The quantitative estimate of drug-likeness (QED) is 0.670. The lowest BCUT2D eigenvalue weighted by Gasteiger charge is -2.17. The molecule has 2 heterocycles. The van der Waals surface area contributed by atoms with Crippen LogP contribution in [-0.2, 0) is 0 Å². The van der Waals surface area contributed by atoms with Crippen LogP contribution in [0.2, 0.25) is 0 Å². The smallest absolute Gasteiger partial charge is 0.268 e. The summed E-state index contributed by atoms with van der Waals surface area (Å²) in [6.07, 6.45) is 0. The summed E-state index contributed by atoms with van der Waals surface area (Å²) in [5, 5.41) is 10.0. The van der Waals surface area contributed by atoms with Crippen LogP contribution in [0.4, 0.5) is 10.8 Å². The molecule has 2 aromatic heterocycles. The molecule has 0 aliphatic heterocycles. The second-order valence-electron chi connectivity index (χ2n) is 5.48. The molecule has 3 aromatic rings. The highest BCUT2D eigenvalue weighted by Gasteiger charge is 2.19. The molecule has 0 bridgehead atoms. The highest BCUT2D eigenvalue weighted by Crippen LogP contribution is 2.35. The number of hydrogen-bond donors (Lipinski definition) is 0. The van der Waals surface area contributed by atoms with Crippen molar-refractivity contribution in [2.45, 2.75) is 13.8 Å². The van der Waals surface area contributed by atoms with Crippen molar-refractivity contribution in [1.29, 1.82) is 5.26 Å². The van der Waals surface area contributed by atoms with Gasteiger partial charge < -0.3 is 9.80 Å². The van der Waals surface area contributed by atoms with Crippen LogP contribution in [0.25, 0.3) is 9.53 Å². The highest BCUT2D eigenvalue weighted by molar-refractivity contribution is 7.29. The number of rotatable bonds is 5. The topological polar surface area (TPSA) is 60.2 Å². The summed E-state index contributed by atoms with van der Waals surface area (Å²) in [6, 6.07) is 11.1. The molecule has 0 atom stereocenters. The molecule has 25 heavy (non-hydrogen) atoms. The van der Waals surface area contributed by atoms with Gasteiger partial charge in [0.05, 0.1) is 21.2 Å². The number of nitriles is 1. The van der Waals surface area contributed by atoms with Crippen LogP contribution < -0.4 is 9.80 Å². The van der Waals surface area contributed by atoms with Gasteiger partial charge in [0.2, 0.25) is 0 Å². The van der Waals surface area contributed by atoms with Crippen LogP contribution in [-0.4, -0.2) is 31.0 Å². The first kappa shape index (κ1) is 17.4. The zero-order valence-corrected chi connectivity index (χ0v) is 15.9. The minimum absolute atomic E-state index is 0.0883. The third kappa shape index (κ3) is 3.36. The number of anilines is 2. The average molecular weight is 371 g/mol. The molecule has 0 N–H and O–H groups in total. The number of hydrogen-bond acceptors (Lipinski definition) is 6. The number of thiophene rings is 1. The van der Waals surface area contributed by atoms with Gasteiger partial charge in [-0.05, 0) is 38.1 Å². The van der Waals surface area contributed by atoms with Crippen LogP contribution >= 0.6 is 22.7 Å². The van der Waals surface area contributed by atoms with E-state index in [1.54, 1.807) is 41.5 Å². The van der Waals surface area contributed by atoms with Crippen LogP contribution in [0.3, 0.4) is 0 Å². The van der Waals surface area contributed by atoms with Crippen molar-refractivity contribution < 1.29 is 4.79 Å². The summed E-state index contributed by atoms with van der Waals surface area (Å²) in [7, 11) is 1.72. The summed E-state index contributed by atoms with van der Waals surface area (Å²) < 4.78 is 1.04. The molecule has 3 rings (SSSR count). The Morgan fingerprint density at radius 1 is 1.24 bits per heavy atom. The van der Waals surface area contributed by atoms with Crippen LogP contribution in [0.5, 0.6) is 0 Å². The molecule has 0 radical (unpaired) electrons. The van der Waals surface area contributed by atoms with Gasteiger partial charge in [0, 0.05) is 25.8 Å². The SMILES string of the molecule is CCN(CC)c1nc2sc(C(=O)N(C)c3cccc(C#N)c3)cc2s1. The molecular formula is C18H18N4OS2. The number of thiazole rings is 1.